The lowest BCUT2D eigenvalue weighted by atomic mass is 9.94. The van der Waals surface area contributed by atoms with Crippen molar-refractivity contribution >= 4 is 10.0 Å². The van der Waals surface area contributed by atoms with Crippen LogP contribution in [0, 0.1) is 5.82 Å². The standard InChI is InChI=1S/C19H16FNO3S/c1-24-18-11-10-13(12-17(18)20)14-6-2-3-7-15(14)16-8-4-5-9-19(16)25(21,22)23/h2-12H,1H3,(H2,21,22,23). The molecule has 128 valence electrons. The maximum absolute atomic E-state index is 14.1. The molecule has 0 atom stereocenters. The molecule has 0 fully saturated rings. The number of hydrogen-bond donors (Lipinski definition) is 1. The molecule has 0 aliphatic rings. The third-order valence-electron chi connectivity index (χ3n) is 3.87. The Morgan fingerprint density at radius 1 is 0.880 bits per heavy atom. The average Bonchev–Trinajstić information content (AvgIpc) is 2.61. The maximum atomic E-state index is 14.1. The number of sulfonamides is 1. The monoisotopic (exact) mass is 357 g/mol. The fourth-order valence-corrected chi connectivity index (χ4v) is 3.49. The lowest BCUT2D eigenvalue weighted by molar-refractivity contribution is 0.386. The van der Waals surface area contributed by atoms with Gasteiger partial charge < -0.3 is 4.74 Å². The lowest BCUT2D eigenvalue weighted by Gasteiger charge is -2.14. The number of primary sulfonamides is 1. The summed E-state index contributed by atoms with van der Waals surface area (Å²) in [6.45, 7) is 0. The summed E-state index contributed by atoms with van der Waals surface area (Å²) in [4.78, 5) is 0.0245. The number of rotatable bonds is 4. The molecule has 0 amide bonds. The Bertz CT molecular complexity index is 1030. The highest BCUT2D eigenvalue weighted by molar-refractivity contribution is 7.89. The van der Waals surface area contributed by atoms with Crippen LogP contribution < -0.4 is 9.88 Å². The zero-order chi connectivity index (χ0) is 18.0. The minimum atomic E-state index is -3.89. The zero-order valence-electron chi connectivity index (χ0n) is 13.4. The molecule has 2 N–H and O–H groups in total. The third kappa shape index (κ3) is 3.40. The molecule has 0 radical (unpaired) electrons. The van der Waals surface area contributed by atoms with Crippen molar-refractivity contribution < 1.29 is 17.5 Å². The van der Waals surface area contributed by atoms with Crippen molar-refractivity contribution in [3.05, 3.63) is 72.5 Å². The highest BCUT2D eigenvalue weighted by atomic mass is 32.2. The van der Waals surface area contributed by atoms with Gasteiger partial charge in [-0.05, 0) is 34.9 Å². The Hall–Kier alpha value is -2.70. The van der Waals surface area contributed by atoms with E-state index in [0.717, 1.165) is 0 Å². The van der Waals surface area contributed by atoms with Crippen molar-refractivity contribution in [2.24, 2.45) is 5.14 Å². The van der Waals surface area contributed by atoms with Crippen LogP contribution in [0.5, 0.6) is 5.75 Å². The molecular formula is C19H16FNO3S. The molecule has 25 heavy (non-hydrogen) atoms. The molecule has 3 aromatic rings. The molecule has 0 spiro atoms. The van der Waals surface area contributed by atoms with Crippen LogP contribution in [0.4, 0.5) is 4.39 Å². The van der Waals surface area contributed by atoms with E-state index in [0.29, 0.717) is 22.3 Å². The number of halogens is 1. The van der Waals surface area contributed by atoms with E-state index in [-0.39, 0.29) is 10.6 Å². The molecule has 0 unspecified atom stereocenters. The number of hydrogen-bond acceptors (Lipinski definition) is 3. The fourth-order valence-electron chi connectivity index (χ4n) is 2.74. The van der Waals surface area contributed by atoms with Crippen LogP contribution in [-0.2, 0) is 10.0 Å². The summed E-state index contributed by atoms with van der Waals surface area (Å²) in [5, 5.41) is 5.34. The Kier molecular flexibility index (Phi) is 4.57. The van der Waals surface area contributed by atoms with E-state index in [4.69, 9.17) is 9.88 Å². The summed E-state index contributed by atoms with van der Waals surface area (Å²) in [6.07, 6.45) is 0. The van der Waals surface area contributed by atoms with Gasteiger partial charge >= 0.3 is 0 Å². The summed E-state index contributed by atoms with van der Waals surface area (Å²) < 4.78 is 42.9. The zero-order valence-corrected chi connectivity index (χ0v) is 14.3. The Balaban J connectivity index is 2.24. The molecule has 0 saturated carbocycles. The minimum Gasteiger partial charge on any atom is -0.494 e. The molecule has 0 aliphatic heterocycles. The van der Waals surface area contributed by atoms with Crippen LogP contribution in [0.25, 0.3) is 22.3 Å². The van der Waals surface area contributed by atoms with Crippen LogP contribution in [-0.4, -0.2) is 15.5 Å². The first-order valence-electron chi connectivity index (χ1n) is 7.47. The number of nitrogens with two attached hydrogens (primary N) is 1. The Morgan fingerprint density at radius 3 is 2.08 bits per heavy atom. The number of benzene rings is 3. The summed E-state index contributed by atoms with van der Waals surface area (Å²) >= 11 is 0. The van der Waals surface area contributed by atoms with Crippen LogP contribution >= 0.6 is 0 Å². The Labute approximate surface area is 145 Å². The topological polar surface area (TPSA) is 69.4 Å². The summed E-state index contributed by atoms with van der Waals surface area (Å²) in [7, 11) is -2.50. The van der Waals surface area contributed by atoms with Gasteiger partial charge in [-0.25, -0.2) is 17.9 Å². The quantitative estimate of drug-likeness (QED) is 0.772. The van der Waals surface area contributed by atoms with E-state index in [1.165, 1.54) is 25.3 Å². The van der Waals surface area contributed by atoms with Gasteiger partial charge in [0.25, 0.3) is 0 Å². The van der Waals surface area contributed by atoms with Crippen LogP contribution in [0.15, 0.2) is 71.6 Å². The fraction of sp³-hybridized carbons (Fsp3) is 0.0526. The summed E-state index contributed by atoms with van der Waals surface area (Å²) in [5.41, 5.74) is 2.42. The molecule has 3 rings (SSSR count). The van der Waals surface area contributed by atoms with Crippen molar-refractivity contribution in [2.45, 2.75) is 4.90 Å². The van der Waals surface area contributed by atoms with E-state index in [1.54, 1.807) is 48.5 Å². The van der Waals surface area contributed by atoms with Gasteiger partial charge in [0.15, 0.2) is 11.6 Å². The third-order valence-corrected chi connectivity index (χ3v) is 4.84. The van der Waals surface area contributed by atoms with Crippen LogP contribution in [0.1, 0.15) is 0 Å². The highest BCUT2D eigenvalue weighted by Gasteiger charge is 2.17. The van der Waals surface area contributed by atoms with E-state index in [1.807, 2.05) is 0 Å². The molecule has 0 bridgehead atoms. The highest BCUT2D eigenvalue weighted by Crippen LogP contribution is 2.36. The SMILES string of the molecule is COc1ccc(-c2ccccc2-c2ccccc2S(N)(=O)=O)cc1F. The van der Waals surface area contributed by atoms with Gasteiger partial charge in [0, 0.05) is 5.56 Å². The van der Waals surface area contributed by atoms with Crippen molar-refractivity contribution in [1.29, 1.82) is 0 Å². The lowest BCUT2D eigenvalue weighted by Crippen LogP contribution is -2.13. The van der Waals surface area contributed by atoms with Gasteiger partial charge in [-0.1, -0.05) is 48.5 Å². The molecule has 4 nitrogen and oxygen atoms in total. The molecule has 0 heterocycles. The maximum Gasteiger partial charge on any atom is 0.238 e. The number of ether oxygens (including phenoxy) is 1. The van der Waals surface area contributed by atoms with E-state index in [9.17, 15) is 12.8 Å². The molecular weight excluding hydrogens is 341 g/mol. The smallest absolute Gasteiger partial charge is 0.238 e. The van der Waals surface area contributed by atoms with Gasteiger partial charge in [0.05, 0.1) is 12.0 Å². The first-order chi connectivity index (χ1) is 11.9. The van der Waals surface area contributed by atoms with Gasteiger partial charge in [-0.3, -0.25) is 0 Å². The summed E-state index contributed by atoms with van der Waals surface area (Å²) in [6, 6.07) is 18.3. The second-order valence-electron chi connectivity index (χ2n) is 5.44. The summed E-state index contributed by atoms with van der Waals surface area (Å²) in [5.74, 6) is -0.347. The van der Waals surface area contributed by atoms with Crippen molar-refractivity contribution in [3.8, 4) is 28.0 Å². The molecule has 0 aromatic heterocycles. The number of methoxy groups -OCH3 is 1. The van der Waals surface area contributed by atoms with E-state index in [2.05, 4.69) is 0 Å². The van der Waals surface area contributed by atoms with E-state index >= 15 is 0 Å². The van der Waals surface area contributed by atoms with Crippen LogP contribution in [0.2, 0.25) is 0 Å². The van der Waals surface area contributed by atoms with Crippen molar-refractivity contribution in [1.82, 2.24) is 0 Å². The minimum absolute atomic E-state index is 0.0245. The largest absolute Gasteiger partial charge is 0.494 e. The second-order valence-corrected chi connectivity index (χ2v) is 6.97. The van der Waals surface area contributed by atoms with Gasteiger partial charge in [0.1, 0.15) is 0 Å². The second kappa shape index (κ2) is 6.66. The predicted molar refractivity (Wildman–Crippen MR) is 95.2 cm³/mol. The van der Waals surface area contributed by atoms with E-state index < -0.39 is 15.8 Å². The normalized spacial score (nSPS) is 11.3. The first-order valence-corrected chi connectivity index (χ1v) is 9.01. The van der Waals surface area contributed by atoms with Gasteiger partial charge in [-0.2, -0.15) is 0 Å². The Morgan fingerprint density at radius 2 is 1.48 bits per heavy atom. The molecule has 3 aromatic carbocycles. The van der Waals surface area contributed by atoms with Gasteiger partial charge in [-0.15, -0.1) is 0 Å². The molecule has 6 heteroatoms. The average molecular weight is 357 g/mol. The first kappa shape index (κ1) is 17.1. The van der Waals surface area contributed by atoms with Crippen molar-refractivity contribution in [2.75, 3.05) is 7.11 Å². The molecule has 0 saturated heterocycles. The predicted octanol–water partition coefficient (Wildman–Crippen LogP) is 3.82. The van der Waals surface area contributed by atoms with Crippen molar-refractivity contribution in [3.63, 3.8) is 0 Å². The van der Waals surface area contributed by atoms with Gasteiger partial charge in [0.2, 0.25) is 10.0 Å². The van der Waals surface area contributed by atoms with Crippen LogP contribution in [0.3, 0.4) is 0 Å². The molecule has 0 aliphatic carbocycles.